The van der Waals surface area contributed by atoms with Crippen molar-refractivity contribution in [3.63, 3.8) is 0 Å². The van der Waals surface area contributed by atoms with Gasteiger partial charge in [0, 0.05) is 12.6 Å². The Balaban J connectivity index is 2.18. The molecular formula is C8H17NO. The highest BCUT2D eigenvalue weighted by atomic mass is 16.5. The molecule has 1 rings (SSSR count). The molecule has 1 aliphatic heterocycles. The predicted molar refractivity (Wildman–Crippen MR) is 42.1 cm³/mol. The van der Waals surface area contributed by atoms with Crippen LogP contribution >= 0.6 is 0 Å². The lowest BCUT2D eigenvalue weighted by Crippen LogP contribution is -2.21. The molecule has 0 radical (unpaired) electrons. The summed E-state index contributed by atoms with van der Waals surface area (Å²) in [6, 6.07) is 0.642. The number of rotatable bonds is 2. The van der Waals surface area contributed by atoms with Crippen molar-refractivity contribution in [2.45, 2.75) is 45.4 Å². The van der Waals surface area contributed by atoms with Gasteiger partial charge in [0.1, 0.15) is 0 Å². The molecule has 2 heteroatoms. The molecule has 1 aliphatic rings. The van der Waals surface area contributed by atoms with Gasteiger partial charge in [0.05, 0.1) is 12.2 Å². The Morgan fingerprint density at radius 3 is 2.60 bits per heavy atom. The van der Waals surface area contributed by atoms with Crippen LogP contribution in [0.2, 0.25) is 0 Å². The SMILES string of the molecule is CC1CC(OC(C)C)CN1. The van der Waals surface area contributed by atoms with E-state index in [-0.39, 0.29) is 0 Å². The van der Waals surface area contributed by atoms with Gasteiger partial charge in [0.15, 0.2) is 0 Å². The first-order chi connectivity index (χ1) is 4.68. The zero-order valence-electron chi connectivity index (χ0n) is 7.05. The molecule has 2 nitrogen and oxygen atoms in total. The Bertz CT molecular complexity index is 103. The van der Waals surface area contributed by atoms with E-state index in [0.29, 0.717) is 18.2 Å². The molecule has 0 bridgehead atoms. The fourth-order valence-electron chi connectivity index (χ4n) is 1.38. The van der Waals surface area contributed by atoms with Gasteiger partial charge < -0.3 is 10.1 Å². The van der Waals surface area contributed by atoms with E-state index in [1.165, 1.54) is 0 Å². The van der Waals surface area contributed by atoms with Crippen molar-refractivity contribution < 1.29 is 4.74 Å². The number of hydrogen-bond donors (Lipinski definition) is 1. The molecule has 1 heterocycles. The molecule has 0 saturated carbocycles. The van der Waals surface area contributed by atoms with E-state index in [9.17, 15) is 0 Å². The monoisotopic (exact) mass is 143 g/mol. The van der Waals surface area contributed by atoms with Gasteiger partial charge in [0.2, 0.25) is 0 Å². The lowest BCUT2D eigenvalue weighted by atomic mass is 10.2. The summed E-state index contributed by atoms with van der Waals surface area (Å²) >= 11 is 0. The van der Waals surface area contributed by atoms with Gasteiger partial charge in [-0.2, -0.15) is 0 Å². The van der Waals surface area contributed by atoms with Crippen molar-refractivity contribution in [1.29, 1.82) is 0 Å². The van der Waals surface area contributed by atoms with Crippen LogP contribution in [-0.4, -0.2) is 24.8 Å². The second-order valence-corrected chi connectivity index (χ2v) is 3.35. The number of ether oxygens (including phenoxy) is 1. The lowest BCUT2D eigenvalue weighted by Gasteiger charge is -2.13. The Hall–Kier alpha value is -0.0800. The van der Waals surface area contributed by atoms with Crippen LogP contribution in [0.25, 0.3) is 0 Å². The minimum absolute atomic E-state index is 0.372. The first-order valence-corrected chi connectivity index (χ1v) is 4.07. The number of nitrogens with one attached hydrogen (secondary N) is 1. The minimum atomic E-state index is 0.372. The molecule has 0 aromatic rings. The third-order valence-electron chi connectivity index (χ3n) is 1.78. The largest absolute Gasteiger partial charge is 0.374 e. The van der Waals surface area contributed by atoms with E-state index < -0.39 is 0 Å². The first kappa shape index (κ1) is 8.02. The van der Waals surface area contributed by atoms with Crippen LogP contribution in [0.4, 0.5) is 0 Å². The molecule has 60 valence electrons. The van der Waals surface area contributed by atoms with Crippen molar-refractivity contribution in [3.8, 4) is 0 Å². The van der Waals surface area contributed by atoms with Gasteiger partial charge in [-0.1, -0.05) is 0 Å². The number of hydrogen-bond acceptors (Lipinski definition) is 2. The maximum absolute atomic E-state index is 5.62. The van der Waals surface area contributed by atoms with Crippen LogP contribution in [0.1, 0.15) is 27.2 Å². The topological polar surface area (TPSA) is 21.3 Å². The highest BCUT2D eigenvalue weighted by molar-refractivity contribution is 4.78. The van der Waals surface area contributed by atoms with Gasteiger partial charge >= 0.3 is 0 Å². The van der Waals surface area contributed by atoms with E-state index >= 15 is 0 Å². The summed E-state index contributed by atoms with van der Waals surface area (Å²) in [5.74, 6) is 0. The smallest absolute Gasteiger partial charge is 0.0717 e. The predicted octanol–water partition coefficient (Wildman–Crippen LogP) is 1.16. The summed E-state index contributed by atoms with van der Waals surface area (Å²) in [5, 5.41) is 3.35. The van der Waals surface area contributed by atoms with Crippen molar-refractivity contribution in [2.75, 3.05) is 6.54 Å². The quantitative estimate of drug-likeness (QED) is 0.626. The van der Waals surface area contributed by atoms with E-state index in [1.807, 2.05) is 0 Å². The van der Waals surface area contributed by atoms with E-state index in [2.05, 4.69) is 26.1 Å². The molecule has 1 fully saturated rings. The molecule has 0 aromatic carbocycles. The minimum Gasteiger partial charge on any atom is -0.374 e. The molecule has 1 N–H and O–H groups in total. The normalized spacial score (nSPS) is 33.6. The second-order valence-electron chi connectivity index (χ2n) is 3.35. The average molecular weight is 143 g/mol. The molecule has 0 aromatic heterocycles. The van der Waals surface area contributed by atoms with Crippen molar-refractivity contribution in [2.24, 2.45) is 0 Å². The molecule has 10 heavy (non-hydrogen) atoms. The van der Waals surface area contributed by atoms with Gasteiger partial charge in [0.25, 0.3) is 0 Å². The molecular weight excluding hydrogens is 126 g/mol. The van der Waals surface area contributed by atoms with Gasteiger partial charge in [-0.15, -0.1) is 0 Å². The first-order valence-electron chi connectivity index (χ1n) is 4.07. The Kier molecular flexibility index (Phi) is 2.69. The van der Waals surface area contributed by atoms with Gasteiger partial charge in [-0.25, -0.2) is 0 Å². The third kappa shape index (κ3) is 2.27. The Morgan fingerprint density at radius 1 is 1.50 bits per heavy atom. The fraction of sp³-hybridized carbons (Fsp3) is 1.00. The van der Waals surface area contributed by atoms with Crippen molar-refractivity contribution in [1.82, 2.24) is 5.32 Å². The van der Waals surface area contributed by atoms with Crippen LogP contribution in [0, 0.1) is 0 Å². The Labute approximate surface area is 63.0 Å². The summed E-state index contributed by atoms with van der Waals surface area (Å²) in [7, 11) is 0. The molecule has 0 amide bonds. The lowest BCUT2D eigenvalue weighted by molar-refractivity contribution is 0.0189. The van der Waals surface area contributed by atoms with Gasteiger partial charge in [-0.3, -0.25) is 0 Å². The maximum atomic E-state index is 5.62. The summed E-state index contributed by atoms with van der Waals surface area (Å²) in [6.45, 7) is 7.40. The van der Waals surface area contributed by atoms with Crippen LogP contribution in [0.5, 0.6) is 0 Å². The van der Waals surface area contributed by atoms with E-state index in [4.69, 9.17) is 4.74 Å². The van der Waals surface area contributed by atoms with E-state index in [0.717, 1.165) is 13.0 Å². The van der Waals surface area contributed by atoms with E-state index in [1.54, 1.807) is 0 Å². The van der Waals surface area contributed by atoms with Crippen LogP contribution < -0.4 is 5.32 Å². The highest BCUT2D eigenvalue weighted by Gasteiger charge is 2.21. The zero-order chi connectivity index (χ0) is 7.56. The maximum Gasteiger partial charge on any atom is 0.0717 e. The fourth-order valence-corrected chi connectivity index (χ4v) is 1.38. The summed E-state index contributed by atoms with van der Waals surface area (Å²) in [6.07, 6.45) is 1.99. The highest BCUT2D eigenvalue weighted by Crippen LogP contribution is 2.11. The molecule has 2 atom stereocenters. The molecule has 2 unspecified atom stereocenters. The van der Waals surface area contributed by atoms with Crippen molar-refractivity contribution in [3.05, 3.63) is 0 Å². The zero-order valence-corrected chi connectivity index (χ0v) is 7.05. The standard InChI is InChI=1S/C8H17NO/c1-6(2)10-8-4-7(3)9-5-8/h6-9H,4-5H2,1-3H3. The van der Waals surface area contributed by atoms with Crippen molar-refractivity contribution >= 4 is 0 Å². The molecule has 0 spiro atoms. The second kappa shape index (κ2) is 3.35. The summed E-state index contributed by atoms with van der Waals surface area (Å²) in [4.78, 5) is 0. The van der Waals surface area contributed by atoms with Crippen LogP contribution in [-0.2, 0) is 4.74 Å². The molecule has 1 saturated heterocycles. The third-order valence-corrected chi connectivity index (χ3v) is 1.78. The van der Waals surface area contributed by atoms with Crippen LogP contribution in [0.15, 0.2) is 0 Å². The summed E-state index contributed by atoms with van der Waals surface area (Å²) in [5.41, 5.74) is 0. The summed E-state index contributed by atoms with van der Waals surface area (Å²) < 4.78 is 5.62. The van der Waals surface area contributed by atoms with Gasteiger partial charge in [-0.05, 0) is 27.2 Å². The molecule has 0 aliphatic carbocycles. The Morgan fingerprint density at radius 2 is 2.20 bits per heavy atom. The average Bonchev–Trinajstić information content (AvgIpc) is 2.13. The van der Waals surface area contributed by atoms with Crippen LogP contribution in [0.3, 0.4) is 0 Å².